The number of carbonyl (C=O) groups excluding carboxylic acids is 1. The Morgan fingerprint density at radius 1 is 1.35 bits per heavy atom. The molecule has 0 spiro atoms. The fraction of sp³-hybridized carbons (Fsp3) is 0.632. The van der Waals surface area contributed by atoms with Crippen molar-refractivity contribution in [3.63, 3.8) is 0 Å². The van der Waals surface area contributed by atoms with Crippen molar-refractivity contribution in [3.8, 4) is 11.5 Å². The molecule has 2 N–H and O–H groups in total. The molecule has 0 radical (unpaired) electrons. The summed E-state index contributed by atoms with van der Waals surface area (Å²) in [7, 11) is 1.55. The van der Waals surface area contributed by atoms with Gasteiger partial charge in [-0.05, 0) is 24.5 Å². The predicted molar refractivity (Wildman–Crippen MR) is 105 cm³/mol. The number of nitrogens with one attached hydrogen (secondary N) is 2. The Balaban J connectivity index is 1.93. The molecule has 6 nitrogen and oxygen atoms in total. The quantitative estimate of drug-likeness (QED) is 0.685. The number of hydrogen-bond acceptors (Lipinski definition) is 5. The minimum absolute atomic E-state index is 0.158. The Bertz CT molecular complexity index is 590. The van der Waals surface area contributed by atoms with Crippen LogP contribution in [0, 0.1) is 5.92 Å². The molecule has 0 aliphatic carbocycles. The van der Waals surface area contributed by atoms with E-state index in [0.29, 0.717) is 41.2 Å². The number of carbonyl (C=O) groups is 1. The number of rotatable bonds is 9. The zero-order chi connectivity index (χ0) is 18.9. The fourth-order valence-corrected chi connectivity index (χ4v) is 3.02. The van der Waals surface area contributed by atoms with E-state index in [-0.39, 0.29) is 5.91 Å². The molecule has 1 aromatic carbocycles. The fourth-order valence-electron chi connectivity index (χ4n) is 2.75. The van der Waals surface area contributed by atoms with Crippen molar-refractivity contribution in [1.29, 1.82) is 0 Å². The SMILES string of the molecule is COc1cc(C(=O)NCCN2CCNCC2)cc(Cl)c1OCCC(C)C. The number of amides is 1. The minimum atomic E-state index is -0.158. The van der Waals surface area contributed by atoms with Gasteiger partial charge in [-0.25, -0.2) is 0 Å². The standard InChI is InChI=1S/C19H30ClN3O3/c1-14(2)4-11-26-18-16(20)12-15(13-17(18)25-3)19(24)22-7-10-23-8-5-21-6-9-23/h12-14,21H,4-11H2,1-3H3,(H,22,24). The summed E-state index contributed by atoms with van der Waals surface area (Å²) >= 11 is 6.33. The molecule has 1 saturated heterocycles. The van der Waals surface area contributed by atoms with Gasteiger partial charge in [0.25, 0.3) is 5.91 Å². The van der Waals surface area contributed by atoms with Crippen LogP contribution in [-0.2, 0) is 0 Å². The molecule has 0 atom stereocenters. The minimum Gasteiger partial charge on any atom is -0.493 e. The van der Waals surface area contributed by atoms with E-state index in [4.69, 9.17) is 21.1 Å². The van der Waals surface area contributed by atoms with Gasteiger partial charge in [0.2, 0.25) is 0 Å². The van der Waals surface area contributed by atoms with Gasteiger partial charge in [-0.3, -0.25) is 9.69 Å². The molecule has 2 rings (SSSR count). The highest BCUT2D eigenvalue weighted by Crippen LogP contribution is 2.36. The summed E-state index contributed by atoms with van der Waals surface area (Å²) in [5.41, 5.74) is 0.475. The third kappa shape index (κ3) is 6.34. The molecular weight excluding hydrogens is 354 g/mol. The van der Waals surface area contributed by atoms with Crippen LogP contribution in [0.3, 0.4) is 0 Å². The molecule has 7 heteroatoms. The zero-order valence-electron chi connectivity index (χ0n) is 15.9. The second kappa shape index (κ2) is 10.6. The number of methoxy groups -OCH3 is 1. The Morgan fingerprint density at radius 3 is 2.73 bits per heavy atom. The van der Waals surface area contributed by atoms with Gasteiger partial charge in [-0.2, -0.15) is 0 Å². The lowest BCUT2D eigenvalue weighted by Gasteiger charge is -2.27. The number of ether oxygens (including phenoxy) is 2. The number of piperazine rings is 1. The molecule has 0 aromatic heterocycles. The molecule has 0 bridgehead atoms. The molecule has 1 aliphatic rings. The molecule has 1 aliphatic heterocycles. The lowest BCUT2D eigenvalue weighted by Crippen LogP contribution is -2.46. The summed E-state index contributed by atoms with van der Waals surface area (Å²) in [6, 6.07) is 3.31. The van der Waals surface area contributed by atoms with Crippen molar-refractivity contribution in [2.24, 2.45) is 5.92 Å². The van der Waals surface area contributed by atoms with Gasteiger partial charge >= 0.3 is 0 Å². The van der Waals surface area contributed by atoms with Gasteiger partial charge in [-0.15, -0.1) is 0 Å². The number of halogens is 1. The summed E-state index contributed by atoms with van der Waals surface area (Å²) in [5, 5.41) is 6.65. The first-order valence-electron chi connectivity index (χ1n) is 9.23. The van der Waals surface area contributed by atoms with E-state index < -0.39 is 0 Å². The Hall–Kier alpha value is -1.50. The van der Waals surface area contributed by atoms with Crippen LogP contribution < -0.4 is 20.1 Å². The van der Waals surface area contributed by atoms with Gasteiger partial charge in [0.15, 0.2) is 11.5 Å². The first-order valence-corrected chi connectivity index (χ1v) is 9.60. The molecule has 1 aromatic rings. The highest BCUT2D eigenvalue weighted by molar-refractivity contribution is 6.32. The van der Waals surface area contributed by atoms with E-state index in [1.165, 1.54) is 0 Å². The van der Waals surface area contributed by atoms with E-state index in [9.17, 15) is 4.79 Å². The van der Waals surface area contributed by atoms with Crippen molar-refractivity contribution in [1.82, 2.24) is 15.5 Å². The molecule has 1 heterocycles. The van der Waals surface area contributed by atoms with Gasteiger partial charge in [-0.1, -0.05) is 25.4 Å². The van der Waals surface area contributed by atoms with Crippen molar-refractivity contribution in [3.05, 3.63) is 22.7 Å². The zero-order valence-corrected chi connectivity index (χ0v) is 16.7. The smallest absolute Gasteiger partial charge is 0.251 e. The second-order valence-corrected chi connectivity index (χ2v) is 7.28. The van der Waals surface area contributed by atoms with E-state index >= 15 is 0 Å². The second-order valence-electron chi connectivity index (χ2n) is 6.87. The number of hydrogen-bond donors (Lipinski definition) is 2. The average molecular weight is 384 g/mol. The maximum atomic E-state index is 12.4. The van der Waals surface area contributed by atoms with Crippen molar-refractivity contribution in [2.75, 3.05) is 53.0 Å². The summed E-state index contributed by atoms with van der Waals surface area (Å²) in [4.78, 5) is 14.8. The van der Waals surface area contributed by atoms with Crippen molar-refractivity contribution in [2.45, 2.75) is 20.3 Å². The third-order valence-electron chi connectivity index (χ3n) is 4.36. The average Bonchev–Trinajstić information content (AvgIpc) is 2.63. The lowest BCUT2D eigenvalue weighted by molar-refractivity contribution is 0.0947. The van der Waals surface area contributed by atoms with Crippen LogP contribution in [0.1, 0.15) is 30.6 Å². The molecule has 1 fully saturated rings. The summed E-state index contributed by atoms with van der Waals surface area (Å²) in [6.07, 6.45) is 0.924. The van der Waals surface area contributed by atoms with Gasteiger partial charge < -0.3 is 20.1 Å². The Morgan fingerprint density at radius 2 is 2.08 bits per heavy atom. The highest BCUT2D eigenvalue weighted by Gasteiger charge is 2.16. The van der Waals surface area contributed by atoms with Crippen LogP contribution in [0.2, 0.25) is 5.02 Å². The Labute approximate surface area is 161 Å². The summed E-state index contributed by atoms with van der Waals surface area (Å²) in [6.45, 7) is 10.3. The van der Waals surface area contributed by atoms with Crippen LogP contribution in [0.4, 0.5) is 0 Å². The van der Waals surface area contributed by atoms with Crippen LogP contribution in [0.5, 0.6) is 11.5 Å². The third-order valence-corrected chi connectivity index (χ3v) is 4.64. The molecule has 1 amide bonds. The van der Waals surface area contributed by atoms with Crippen LogP contribution in [-0.4, -0.2) is 63.8 Å². The first kappa shape index (κ1) is 20.8. The van der Waals surface area contributed by atoms with E-state index in [0.717, 1.165) is 39.1 Å². The lowest BCUT2D eigenvalue weighted by atomic mass is 10.1. The van der Waals surface area contributed by atoms with E-state index in [1.54, 1.807) is 19.2 Å². The number of nitrogens with zero attached hydrogens (tertiary/aromatic N) is 1. The summed E-state index contributed by atoms with van der Waals surface area (Å²) in [5.74, 6) is 1.36. The topological polar surface area (TPSA) is 62.8 Å². The monoisotopic (exact) mass is 383 g/mol. The predicted octanol–water partition coefficient (Wildman–Crippen LogP) is 2.41. The van der Waals surface area contributed by atoms with Crippen molar-refractivity contribution < 1.29 is 14.3 Å². The normalized spacial score (nSPS) is 15.1. The highest BCUT2D eigenvalue weighted by atomic mass is 35.5. The van der Waals surface area contributed by atoms with Crippen LogP contribution >= 0.6 is 11.6 Å². The van der Waals surface area contributed by atoms with Crippen LogP contribution in [0.15, 0.2) is 12.1 Å². The molecular formula is C19H30ClN3O3. The molecule has 0 unspecified atom stereocenters. The first-order chi connectivity index (χ1) is 12.5. The largest absolute Gasteiger partial charge is 0.493 e. The number of benzene rings is 1. The van der Waals surface area contributed by atoms with Crippen LogP contribution in [0.25, 0.3) is 0 Å². The molecule has 26 heavy (non-hydrogen) atoms. The van der Waals surface area contributed by atoms with E-state index in [2.05, 4.69) is 29.4 Å². The van der Waals surface area contributed by atoms with E-state index in [1.807, 2.05) is 0 Å². The van der Waals surface area contributed by atoms with Gasteiger partial charge in [0.05, 0.1) is 18.7 Å². The summed E-state index contributed by atoms with van der Waals surface area (Å²) < 4.78 is 11.1. The maximum absolute atomic E-state index is 12.4. The molecule has 0 saturated carbocycles. The van der Waals surface area contributed by atoms with Gasteiger partial charge in [0, 0.05) is 44.8 Å². The van der Waals surface area contributed by atoms with Gasteiger partial charge in [0.1, 0.15) is 0 Å². The Kier molecular flexibility index (Phi) is 8.48. The molecule has 146 valence electrons. The maximum Gasteiger partial charge on any atom is 0.251 e. The van der Waals surface area contributed by atoms with Crippen molar-refractivity contribution >= 4 is 17.5 Å².